The lowest BCUT2D eigenvalue weighted by molar-refractivity contribution is -0.138. The minimum atomic E-state index is -4.45. The number of amides is 1. The Balaban J connectivity index is 1.71. The van der Waals surface area contributed by atoms with E-state index in [1.54, 1.807) is 24.2 Å². The largest absolute Gasteiger partial charge is 0.419 e. The third kappa shape index (κ3) is 4.70. The molecule has 0 spiro atoms. The Kier molecular flexibility index (Phi) is 6.10. The summed E-state index contributed by atoms with van der Waals surface area (Å²) in [6.07, 6.45) is 0.396. The van der Waals surface area contributed by atoms with Crippen LogP contribution in [0.25, 0.3) is 10.9 Å². The summed E-state index contributed by atoms with van der Waals surface area (Å²) in [4.78, 5) is 26.7. The fraction of sp³-hybridized carbons (Fsp3) is 0.333. The first-order chi connectivity index (χ1) is 13.8. The van der Waals surface area contributed by atoms with E-state index in [9.17, 15) is 18.0 Å². The molecule has 29 heavy (non-hydrogen) atoms. The maximum absolute atomic E-state index is 13.1. The van der Waals surface area contributed by atoms with E-state index >= 15 is 0 Å². The second-order valence-corrected chi connectivity index (χ2v) is 6.78. The molecule has 0 aliphatic heterocycles. The standard InChI is InChI=1S/C21H21F3N4O/c1-3-16(9-10-18-26-12-15(13-27-18)21(22,23)24)28(2)20(29)17-8-4-6-14-7-5-11-25-19(14)17/h4-8,11-13,16H,3,9-10H2,1-2H3/t16-/m0/s1. The Labute approximate surface area is 166 Å². The first kappa shape index (κ1) is 20.7. The summed E-state index contributed by atoms with van der Waals surface area (Å²) in [5.41, 5.74) is 0.298. The predicted octanol–water partition coefficient (Wildman–Crippen LogP) is 4.53. The number of benzene rings is 1. The van der Waals surface area contributed by atoms with Gasteiger partial charge in [0.05, 0.1) is 16.6 Å². The molecule has 3 rings (SSSR count). The molecule has 0 saturated carbocycles. The van der Waals surface area contributed by atoms with E-state index in [1.165, 1.54) is 0 Å². The summed E-state index contributed by atoms with van der Waals surface area (Å²) in [6, 6.07) is 9.09. The Bertz CT molecular complexity index is 984. The van der Waals surface area contributed by atoms with Crippen molar-refractivity contribution in [3.8, 4) is 0 Å². The molecule has 0 aliphatic rings. The van der Waals surface area contributed by atoms with Crippen LogP contribution in [-0.2, 0) is 12.6 Å². The summed E-state index contributed by atoms with van der Waals surface area (Å²) >= 11 is 0. The molecule has 0 saturated heterocycles. The van der Waals surface area contributed by atoms with Gasteiger partial charge in [0.25, 0.3) is 5.91 Å². The van der Waals surface area contributed by atoms with Crippen LogP contribution in [0, 0.1) is 0 Å². The number of fused-ring (bicyclic) bond motifs is 1. The second-order valence-electron chi connectivity index (χ2n) is 6.78. The molecule has 0 fully saturated rings. The van der Waals surface area contributed by atoms with E-state index in [2.05, 4.69) is 15.0 Å². The lowest BCUT2D eigenvalue weighted by Gasteiger charge is -2.27. The van der Waals surface area contributed by atoms with Crippen molar-refractivity contribution in [2.24, 2.45) is 0 Å². The van der Waals surface area contributed by atoms with Crippen molar-refractivity contribution in [1.29, 1.82) is 0 Å². The summed E-state index contributed by atoms with van der Waals surface area (Å²) in [7, 11) is 1.73. The van der Waals surface area contributed by atoms with Gasteiger partial charge in [-0.15, -0.1) is 0 Å². The van der Waals surface area contributed by atoms with E-state index in [0.717, 1.165) is 17.8 Å². The van der Waals surface area contributed by atoms with Gasteiger partial charge in [-0.25, -0.2) is 9.97 Å². The van der Waals surface area contributed by atoms with Gasteiger partial charge in [0.15, 0.2) is 0 Å². The average molecular weight is 402 g/mol. The smallest absolute Gasteiger partial charge is 0.339 e. The molecule has 0 radical (unpaired) electrons. The molecule has 0 N–H and O–H groups in total. The molecule has 2 heterocycles. The maximum atomic E-state index is 13.1. The lowest BCUT2D eigenvalue weighted by Crippen LogP contribution is -2.37. The third-order valence-electron chi connectivity index (χ3n) is 4.94. The summed E-state index contributed by atoms with van der Waals surface area (Å²) in [5, 5.41) is 0.887. The molecule has 0 bridgehead atoms. The molecule has 3 aromatic rings. The molecule has 2 aromatic heterocycles. The van der Waals surface area contributed by atoms with Gasteiger partial charge in [-0.05, 0) is 25.0 Å². The highest BCUT2D eigenvalue weighted by Gasteiger charge is 2.31. The quantitative estimate of drug-likeness (QED) is 0.608. The zero-order valence-electron chi connectivity index (χ0n) is 16.1. The fourth-order valence-corrected chi connectivity index (χ4v) is 3.23. The molecule has 8 heteroatoms. The number of aryl methyl sites for hydroxylation is 1. The van der Waals surface area contributed by atoms with E-state index in [4.69, 9.17) is 0 Å². The van der Waals surface area contributed by atoms with Crippen molar-refractivity contribution in [2.45, 2.75) is 38.4 Å². The van der Waals surface area contributed by atoms with Crippen molar-refractivity contribution in [1.82, 2.24) is 19.9 Å². The number of nitrogens with zero attached hydrogens (tertiary/aromatic N) is 4. The Hall–Kier alpha value is -3.03. The van der Waals surface area contributed by atoms with Crippen LogP contribution in [0.1, 0.15) is 41.5 Å². The van der Waals surface area contributed by atoms with Gasteiger partial charge in [0.2, 0.25) is 0 Å². The number of para-hydroxylation sites is 1. The maximum Gasteiger partial charge on any atom is 0.419 e. The molecule has 1 aromatic carbocycles. The van der Waals surface area contributed by atoms with Gasteiger partial charge >= 0.3 is 6.18 Å². The van der Waals surface area contributed by atoms with E-state index < -0.39 is 11.7 Å². The van der Waals surface area contributed by atoms with Gasteiger partial charge in [-0.3, -0.25) is 9.78 Å². The highest BCUT2D eigenvalue weighted by molar-refractivity contribution is 6.05. The summed E-state index contributed by atoms with van der Waals surface area (Å²) in [5.74, 6) is 0.179. The normalized spacial score (nSPS) is 12.7. The first-order valence-electron chi connectivity index (χ1n) is 9.30. The Morgan fingerprint density at radius 1 is 1.10 bits per heavy atom. The van der Waals surface area contributed by atoms with E-state index in [0.29, 0.717) is 36.2 Å². The monoisotopic (exact) mass is 402 g/mol. The minimum Gasteiger partial charge on any atom is -0.339 e. The molecule has 1 atom stereocenters. The zero-order valence-corrected chi connectivity index (χ0v) is 16.1. The number of hydrogen-bond donors (Lipinski definition) is 0. The highest BCUT2D eigenvalue weighted by atomic mass is 19.4. The number of carbonyl (C=O) groups is 1. The van der Waals surface area contributed by atoms with Crippen LogP contribution in [0.4, 0.5) is 13.2 Å². The summed E-state index contributed by atoms with van der Waals surface area (Å²) in [6.45, 7) is 1.96. The number of halogens is 3. The van der Waals surface area contributed by atoms with Crippen LogP contribution in [-0.4, -0.2) is 38.8 Å². The van der Waals surface area contributed by atoms with Crippen LogP contribution in [0.5, 0.6) is 0 Å². The first-order valence-corrected chi connectivity index (χ1v) is 9.30. The fourth-order valence-electron chi connectivity index (χ4n) is 3.23. The lowest BCUT2D eigenvalue weighted by atomic mass is 10.0. The van der Waals surface area contributed by atoms with Crippen LogP contribution in [0.15, 0.2) is 48.9 Å². The van der Waals surface area contributed by atoms with Gasteiger partial charge in [-0.1, -0.05) is 25.1 Å². The predicted molar refractivity (Wildman–Crippen MR) is 103 cm³/mol. The van der Waals surface area contributed by atoms with E-state index in [-0.39, 0.29) is 11.9 Å². The van der Waals surface area contributed by atoms with Crippen molar-refractivity contribution in [3.05, 3.63) is 65.9 Å². The van der Waals surface area contributed by atoms with E-state index in [1.807, 2.05) is 31.2 Å². The second kappa shape index (κ2) is 8.55. The number of rotatable bonds is 6. The van der Waals surface area contributed by atoms with Crippen molar-refractivity contribution in [3.63, 3.8) is 0 Å². The minimum absolute atomic E-state index is 0.104. The molecular weight excluding hydrogens is 381 g/mol. The van der Waals surface area contributed by atoms with Crippen molar-refractivity contribution < 1.29 is 18.0 Å². The molecule has 1 amide bonds. The Morgan fingerprint density at radius 2 is 1.79 bits per heavy atom. The molecular formula is C21H21F3N4O. The molecule has 152 valence electrons. The number of alkyl halides is 3. The van der Waals surface area contributed by atoms with Gasteiger partial charge in [-0.2, -0.15) is 13.2 Å². The number of aromatic nitrogens is 3. The molecule has 5 nitrogen and oxygen atoms in total. The van der Waals surface area contributed by atoms with Gasteiger partial charge < -0.3 is 4.90 Å². The third-order valence-corrected chi connectivity index (χ3v) is 4.94. The summed E-state index contributed by atoms with van der Waals surface area (Å²) < 4.78 is 37.9. The van der Waals surface area contributed by atoms with Crippen molar-refractivity contribution >= 4 is 16.8 Å². The zero-order chi connectivity index (χ0) is 21.0. The van der Waals surface area contributed by atoms with Crippen LogP contribution in [0.3, 0.4) is 0 Å². The van der Waals surface area contributed by atoms with Crippen LogP contribution >= 0.6 is 0 Å². The van der Waals surface area contributed by atoms with Gasteiger partial charge in [0.1, 0.15) is 5.82 Å². The average Bonchev–Trinajstić information content (AvgIpc) is 2.72. The number of pyridine rings is 1. The molecule has 0 aliphatic carbocycles. The number of hydrogen-bond acceptors (Lipinski definition) is 4. The highest BCUT2D eigenvalue weighted by Crippen LogP contribution is 2.28. The van der Waals surface area contributed by atoms with Gasteiger partial charge in [0, 0.05) is 43.5 Å². The van der Waals surface area contributed by atoms with Crippen LogP contribution < -0.4 is 0 Å². The molecule has 0 unspecified atom stereocenters. The number of carbonyl (C=O) groups excluding carboxylic acids is 1. The SMILES string of the molecule is CC[C@@H](CCc1ncc(C(F)(F)F)cn1)N(C)C(=O)c1cccc2cccnc12. The van der Waals surface area contributed by atoms with Crippen LogP contribution in [0.2, 0.25) is 0 Å². The van der Waals surface area contributed by atoms with Crippen molar-refractivity contribution in [2.75, 3.05) is 7.05 Å². The Morgan fingerprint density at radius 3 is 2.45 bits per heavy atom. The topological polar surface area (TPSA) is 59.0 Å².